The predicted molar refractivity (Wildman–Crippen MR) is 120 cm³/mol. The Labute approximate surface area is 187 Å². The number of thioether (sulfide) groups is 1. The largest absolute Gasteiger partial charge is 0.495 e. The lowest BCUT2D eigenvalue weighted by atomic mass is 10.2. The van der Waals surface area contributed by atoms with Gasteiger partial charge in [-0.1, -0.05) is 35.5 Å². The molecule has 1 atom stereocenters. The average molecular weight is 462 g/mol. The Kier molecular flexibility index (Phi) is 7.19. The second-order valence-electron chi connectivity index (χ2n) is 6.48. The van der Waals surface area contributed by atoms with Gasteiger partial charge in [0.1, 0.15) is 12.3 Å². The Morgan fingerprint density at radius 3 is 2.65 bits per heavy atom. The highest BCUT2D eigenvalue weighted by Gasteiger charge is 2.21. The number of hydrogen-bond acceptors (Lipinski definition) is 7. The summed E-state index contributed by atoms with van der Waals surface area (Å²) in [7, 11) is 2.74. The molecule has 0 saturated heterocycles. The zero-order valence-corrected chi connectivity index (χ0v) is 18.6. The Hall–Kier alpha value is -3.04. The highest BCUT2D eigenvalue weighted by Crippen LogP contribution is 2.28. The lowest BCUT2D eigenvalue weighted by Crippen LogP contribution is -2.29. The summed E-state index contributed by atoms with van der Waals surface area (Å²) >= 11 is 7.17. The molecule has 2 aromatic carbocycles. The van der Waals surface area contributed by atoms with E-state index < -0.39 is 11.2 Å². The normalized spacial score (nSPS) is 11.7. The number of nitrogens with one attached hydrogen (secondary N) is 1. The molecule has 0 aliphatic heterocycles. The Morgan fingerprint density at radius 2 is 1.97 bits per heavy atom. The predicted octanol–water partition coefficient (Wildman–Crippen LogP) is 3.35. The number of esters is 1. The first kappa shape index (κ1) is 22.6. The molecule has 3 rings (SSSR count). The third-order valence-corrected chi connectivity index (χ3v) is 5.80. The number of nitrogens with zero attached hydrogens (tertiary/aromatic N) is 2. The Morgan fingerprint density at radius 1 is 1.23 bits per heavy atom. The first-order valence-corrected chi connectivity index (χ1v) is 10.5. The van der Waals surface area contributed by atoms with Crippen molar-refractivity contribution in [3.63, 3.8) is 0 Å². The van der Waals surface area contributed by atoms with Gasteiger partial charge in [-0.3, -0.25) is 19.0 Å². The molecule has 31 heavy (non-hydrogen) atoms. The number of carbonyl (C=O) groups excluding carboxylic acids is 2. The number of para-hydroxylation sites is 1. The SMILES string of the molecule is COC(=O)Cn1c(SC(C)C(=O)Nc2ccc(OC)c(Cl)c2)nc2ccccc2c1=O. The van der Waals surface area contributed by atoms with Gasteiger partial charge in [-0.2, -0.15) is 0 Å². The number of anilines is 1. The maximum Gasteiger partial charge on any atom is 0.325 e. The summed E-state index contributed by atoms with van der Waals surface area (Å²) in [5.41, 5.74) is 0.598. The molecule has 10 heteroatoms. The zero-order valence-electron chi connectivity index (χ0n) is 17.0. The number of carbonyl (C=O) groups is 2. The highest BCUT2D eigenvalue weighted by atomic mass is 35.5. The number of amides is 1. The second-order valence-corrected chi connectivity index (χ2v) is 8.19. The van der Waals surface area contributed by atoms with Crippen molar-refractivity contribution in [2.24, 2.45) is 0 Å². The summed E-state index contributed by atoms with van der Waals surface area (Å²) in [5.74, 6) is -0.418. The molecule has 1 aromatic heterocycles. The summed E-state index contributed by atoms with van der Waals surface area (Å²) in [4.78, 5) is 42.0. The molecule has 0 bridgehead atoms. The molecule has 1 heterocycles. The molecule has 0 saturated carbocycles. The standard InChI is InChI=1S/C21H20ClN3O5S/c1-12(19(27)23-13-8-9-17(29-2)15(22)10-13)31-21-24-16-7-5-4-6-14(16)20(28)25(21)11-18(26)30-3/h4-10,12H,11H2,1-3H3,(H,23,27). The minimum Gasteiger partial charge on any atom is -0.495 e. The van der Waals surface area contributed by atoms with Crippen LogP contribution in [0.3, 0.4) is 0 Å². The maximum absolute atomic E-state index is 12.9. The molecule has 0 aliphatic rings. The zero-order chi connectivity index (χ0) is 22.5. The van der Waals surface area contributed by atoms with Crippen molar-refractivity contribution in [3.05, 3.63) is 57.8 Å². The van der Waals surface area contributed by atoms with Crippen LogP contribution in [0, 0.1) is 0 Å². The van der Waals surface area contributed by atoms with Crippen LogP contribution in [0.25, 0.3) is 10.9 Å². The third-order valence-electron chi connectivity index (χ3n) is 4.41. The molecule has 3 aromatic rings. The highest BCUT2D eigenvalue weighted by molar-refractivity contribution is 8.00. The van der Waals surface area contributed by atoms with E-state index in [1.165, 1.54) is 18.8 Å². The number of ether oxygens (including phenoxy) is 2. The van der Waals surface area contributed by atoms with Crippen LogP contribution in [0.15, 0.2) is 52.4 Å². The van der Waals surface area contributed by atoms with Crippen molar-refractivity contribution in [1.82, 2.24) is 9.55 Å². The van der Waals surface area contributed by atoms with Crippen molar-refractivity contribution in [3.8, 4) is 5.75 Å². The first-order valence-electron chi connectivity index (χ1n) is 9.21. The maximum atomic E-state index is 12.9. The van der Waals surface area contributed by atoms with Crippen LogP contribution in [-0.2, 0) is 20.9 Å². The van der Waals surface area contributed by atoms with E-state index in [4.69, 9.17) is 21.1 Å². The summed E-state index contributed by atoms with van der Waals surface area (Å²) in [5, 5.41) is 3.12. The number of methoxy groups -OCH3 is 2. The van der Waals surface area contributed by atoms with Gasteiger partial charge in [0.25, 0.3) is 5.56 Å². The average Bonchev–Trinajstić information content (AvgIpc) is 2.76. The number of aromatic nitrogens is 2. The Balaban J connectivity index is 1.87. The molecule has 8 nitrogen and oxygen atoms in total. The Bertz CT molecular complexity index is 1200. The molecule has 0 spiro atoms. The summed E-state index contributed by atoms with van der Waals surface area (Å²) < 4.78 is 11.0. The molecule has 0 fully saturated rings. The van der Waals surface area contributed by atoms with Gasteiger partial charge in [-0.05, 0) is 37.3 Å². The second kappa shape index (κ2) is 9.84. The van der Waals surface area contributed by atoms with Gasteiger partial charge >= 0.3 is 5.97 Å². The van der Waals surface area contributed by atoms with Crippen LogP contribution in [0.1, 0.15) is 6.92 Å². The van der Waals surface area contributed by atoms with E-state index >= 15 is 0 Å². The van der Waals surface area contributed by atoms with Crippen LogP contribution < -0.4 is 15.6 Å². The van der Waals surface area contributed by atoms with Gasteiger partial charge in [0.2, 0.25) is 5.91 Å². The summed E-state index contributed by atoms with van der Waals surface area (Å²) in [6, 6.07) is 11.7. The van der Waals surface area contributed by atoms with Gasteiger partial charge in [0.05, 0.1) is 35.4 Å². The molecular weight excluding hydrogens is 442 g/mol. The topological polar surface area (TPSA) is 99.5 Å². The monoisotopic (exact) mass is 461 g/mol. The third kappa shape index (κ3) is 5.18. The molecule has 0 radical (unpaired) electrons. The smallest absolute Gasteiger partial charge is 0.325 e. The van der Waals surface area contributed by atoms with E-state index in [0.29, 0.717) is 27.4 Å². The number of hydrogen-bond donors (Lipinski definition) is 1. The van der Waals surface area contributed by atoms with Crippen LogP contribution in [0.5, 0.6) is 5.75 Å². The van der Waals surface area contributed by atoms with E-state index in [2.05, 4.69) is 10.3 Å². The fourth-order valence-electron chi connectivity index (χ4n) is 2.77. The van der Waals surface area contributed by atoms with Crippen LogP contribution in [0.2, 0.25) is 5.02 Å². The van der Waals surface area contributed by atoms with Crippen molar-refractivity contribution >= 4 is 51.8 Å². The van der Waals surface area contributed by atoms with E-state index in [0.717, 1.165) is 11.8 Å². The fraction of sp³-hybridized carbons (Fsp3) is 0.238. The van der Waals surface area contributed by atoms with Crippen LogP contribution in [0.4, 0.5) is 5.69 Å². The van der Waals surface area contributed by atoms with Gasteiger partial charge in [0, 0.05) is 5.69 Å². The lowest BCUT2D eigenvalue weighted by molar-refractivity contribution is -0.141. The number of halogens is 1. The van der Waals surface area contributed by atoms with Crippen molar-refractivity contribution < 1.29 is 19.1 Å². The minimum atomic E-state index is -0.627. The summed E-state index contributed by atoms with van der Waals surface area (Å²) in [6.07, 6.45) is 0. The first-order chi connectivity index (χ1) is 14.8. The van der Waals surface area contributed by atoms with E-state index in [9.17, 15) is 14.4 Å². The van der Waals surface area contributed by atoms with E-state index in [-0.39, 0.29) is 23.2 Å². The molecule has 1 N–H and O–H groups in total. The molecule has 162 valence electrons. The van der Waals surface area contributed by atoms with Crippen LogP contribution >= 0.6 is 23.4 Å². The summed E-state index contributed by atoms with van der Waals surface area (Å²) in [6.45, 7) is 1.37. The van der Waals surface area contributed by atoms with Crippen molar-refractivity contribution in [1.29, 1.82) is 0 Å². The lowest BCUT2D eigenvalue weighted by Gasteiger charge is -2.16. The van der Waals surface area contributed by atoms with Crippen molar-refractivity contribution in [2.75, 3.05) is 19.5 Å². The number of benzene rings is 2. The number of fused-ring (bicyclic) bond motifs is 1. The molecular formula is C21H20ClN3O5S. The molecule has 0 aliphatic carbocycles. The van der Waals surface area contributed by atoms with Gasteiger partial charge in [0.15, 0.2) is 5.16 Å². The molecule has 1 unspecified atom stereocenters. The fourth-order valence-corrected chi connectivity index (χ4v) is 3.94. The quantitative estimate of drug-likeness (QED) is 0.327. The minimum absolute atomic E-state index is 0.240. The van der Waals surface area contributed by atoms with Gasteiger partial charge in [-0.25, -0.2) is 4.98 Å². The van der Waals surface area contributed by atoms with E-state index in [1.807, 2.05) is 0 Å². The molecule has 1 amide bonds. The van der Waals surface area contributed by atoms with Crippen LogP contribution in [-0.4, -0.2) is 40.9 Å². The van der Waals surface area contributed by atoms with Gasteiger partial charge in [-0.15, -0.1) is 0 Å². The van der Waals surface area contributed by atoms with Gasteiger partial charge < -0.3 is 14.8 Å². The van der Waals surface area contributed by atoms with E-state index in [1.54, 1.807) is 49.4 Å². The number of rotatable bonds is 7. The van der Waals surface area contributed by atoms with Crippen molar-refractivity contribution in [2.45, 2.75) is 23.9 Å².